The van der Waals surface area contributed by atoms with Gasteiger partial charge in [0.2, 0.25) is 0 Å². The number of anilines is 1. The van der Waals surface area contributed by atoms with E-state index in [2.05, 4.69) is 46.8 Å². The predicted molar refractivity (Wildman–Crippen MR) is 123 cm³/mol. The number of benzene rings is 1. The molecule has 1 aromatic carbocycles. The second kappa shape index (κ2) is 9.47. The normalized spacial score (nSPS) is 11.0. The zero-order chi connectivity index (χ0) is 18.8. The van der Waals surface area contributed by atoms with E-state index in [1.807, 2.05) is 31.1 Å². The highest BCUT2D eigenvalue weighted by molar-refractivity contribution is 9.11. The average molecular weight is 489 g/mol. The molecule has 0 radical (unpaired) electrons. The Morgan fingerprint density at radius 1 is 1.15 bits per heavy atom. The Balaban J connectivity index is 0.00000261. The molecule has 0 aliphatic rings. The molecular formula is C19H23BrClN3OS2. The fourth-order valence-electron chi connectivity index (χ4n) is 2.87. The van der Waals surface area contributed by atoms with Gasteiger partial charge in [0.15, 0.2) is 5.13 Å². The molecule has 0 aliphatic heterocycles. The number of thiophene rings is 1. The Kier molecular flexibility index (Phi) is 7.83. The first-order chi connectivity index (χ1) is 12.3. The van der Waals surface area contributed by atoms with Gasteiger partial charge in [-0.25, -0.2) is 4.98 Å². The van der Waals surface area contributed by atoms with Gasteiger partial charge in [-0.3, -0.25) is 9.69 Å². The van der Waals surface area contributed by atoms with Crippen molar-refractivity contribution in [1.29, 1.82) is 0 Å². The summed E-state index contributed by atoms with van der Waals surface area (Å²) in [5.74, 6) is 0.0212. The molecule has 0 saturated heterocycles. The summed E-state index contributed by atoms with van der Waals surface area (Å²) in [6.07, 6.45) is 0.902. The van der Waals surface area contributed by atoms with Gasteiger partial charge in [-0.05, 0) is 86.2 Å². The topological polar surface area (TPSA) is 36.4 Å². The quantitative estimate of drug-likeness (QED) is 0.443. The van der Waals surface area contributed by atoms with Gasteiger partial charge < -0.3 is 4.90 Å². The van der Waals surface area contributed by atoms with Gasteiger partial charge >= 0.3 is 0 Å². The van der Waals surface area contributed by atoms with Crippen LogP contribution in [0, 0.1) is 13.8 Å². The minimum atomic E-state index is 0. The minimum absolute atomic E-state index is 0. The van der Waals surface area contributed by atoms with Crippen LogP contribution in [0.15, 0.2) is 28.1 Å². The number of nitrogens with zero attached hydrogens (tertiary/aromatic N) is 3. The highest BCUT2D eigenvalue weighted by Crippen LogP contribution is 2.34. The number of rotatable bonds is 6. The Labute approximate surface area is 182 Å². The lowest BCUT2D eigenvalue weighted by molar-refractivity contribution is 0.0990. The van der Waals surface area contributed by atoms with E-state index in [1.165, 1.54) is 22.5 Å². The van der Waals surface area contributed by atoms with Crippen LogP contribution in [0.5, 0.6) is 0 Å². The van der Waals surface area contributed by atoms with Crippen LogP contribution in [-0.2, 0) is 0 Å². The molecule has 27 heavy (non-hydrogen) atoms. The van der Waals surface area contributed by atoms with E-state index in [0.29, 0.717) is 6.54 Å². The fourth-order valence-corrected chi connectivity index (χ4v) is 5.25. The summed E-state index contributed by atoms with van der Waals surface area (Å²) in [7, 11) is 4.10. The summed E-state index contributed by atoms with van der Waals surface area (Å²) in [5.41, 5.74) is 3.38. The summed E-state index contributed by atoms with van der Waals surface area (Å²) in [4.78, 5) is 22.6. The maximum Gasteiger partial charge on any atom is 0.270 e. The van der Waals surface area contributed by atoms with Gasteiger partial charge in [0.1, 0.15) is 0 Å². The third kappa shape index (κ3) is 5.29. The van der Waals surface area contributed by atoms with Crippen molar-refractivity contribution in [1.82, 2.24) is 9.88 Å². The molecule has 0 unspecified atom stereocenters. The molecule has 1 amide bonds. The number of hydrogen-bond acceptors (Lipinski definition) is 5. The number of hydrogen-bond donors (Lipinski definition) is 0. The van der Waals surface area contributed by atoms with Gasteiger partial charge in [-0.1, -0.05) is 17.4 Å². The number of carbonyl (C=O) groups is 1. The number of halogens is 2. The van der Waals surface area contributed by atoms with Crippen LogP contribution in [-0.4, -0.2) is 43.0 Å². The number of aromatic nitrogens is 1. The molecule has 3 aromatic rings. The zero-order valence-electron chi connectivity index (χ0n) is 15.8. The lowest BCUT2D eigenvalue weighted by atomic mass is 10.1. The van der Waals surface area contributed by atoms with Crippen LogP contribution in [0.2, 0.25) is 0 Å². The van der Waals surface area contributed by atoms with Crippen molar-refractivity contribution in [3.8, 4) is 0 Å². The lowest BCUT2D eigenvalue weighted by Gasteiger charge is -2.20. The van der Waals surface area contributed by atoms with E-state index in [9.17, 15) is 4.79 Å². The predicted octanol–water partition coefficient (Wildman–Crippen LogP) is 5.76. The minimum Gasteiger partial charge on any atom is -0.309 e. The first-order valence-electron chi connectivity index (χ1n) is 8.45. The van der Waals surface area contributed by atoms with Gasteiger partial charge in [-0.15, -0.1) is 23.7 Å². The summed E-state index contributed by atoms with van der Waals surface area (Å²) < 4.78 is 2.12. The van der Waals surface area contributed by atoms with Gasteiger partial charge in [0.25, 0.3) is 5.91 Å². The second-order valence-electron chi connectivity index (χ2n) is 6.64. The highest BCUT2D eigenvalue weighted by atomic mass is 79.9. The van der Waals surface area contributed by atoms with E-state index < -0.39 is 0 Å². The van der Waals surface area contributed by atoms with Crippen LogP contribution in [0.3, 0.4) is 0 Å². The monoisotopic (exact) mass is 487 g/mol. The maximum absolute atomic E-state index is 13.1. The van der Waals surface area contributed by atoms with Crippen LogP contribution in [0.1, 0.15) is 27.2 Å². The molecule has 0 N–H and O–H groups in total. The third-order valence-electron chi connectivity index (χ3n) is 4.06. The maximum atomic E-state index is 13.1. The number of thiazole rings is 1. The smallest absolute Gasteiger partial charge is 0.270 e. The fraction of sp³-hybridized carbons (Fsp3) is 0.368. The van der Waals surface area contributed by atoms with Gasteiger partial charge in [0, 0.05) is 6.54 Å². The second-order valence-corrected chi connectivity index (χ2v) is 10.1. The Morgan fingerprint density at radius 2 is 1.89 bits per heavy atom. The summed E-state index contributed by atoms with van der Waals surface area (Å²) >= 11 is 6.52. The van der Waals surface area contributed by atoms with Crippen molar-refractivity contribution in [2.24, 2.45) is 0 Å². The summed E-state index contributed by atoms with van der Waals surface area (Å²) in [6, 6.07) is 8.05. The van der Waals surface area contributed by atoms with Gasteiger partial charge in [0.05, 0.1) is 18.9 Å². The van der Waals surface area contributed by atoms with Crippen molar-refractivity contribution in [3.05, 3.63) is 44.1 Å². The molecule has 0 aliphatic carbocycles. The molecule has 146 valence electrons. The van der Waals surface area contributed by atoms with Crippen molar-refractivity contribution in [3.63, 3.8) is 0 Å². The lowest BCUT2D eigenvalue weighted by Crippen LogP contribution is -2.32. The number of aryl methyl sites for hydroxylation is 2. The number of amides is 1. The highest BCUT2D eigenvalue weighted by Gasteiger charge is 2.23. The summed E-state index contributed by atoms with van der Waals surface area (Å²) in [5, 5.41) is 0.780. The van der Waals surface area contributed by atoms with Crippen molar-refractivity contribution >= 4 is 72.3 Å². The van der Waals surface area contributed by atoms with Crippen molar-refractivity contribution in [2.75, 3.05) is 32.1 Å². The first kappa shape index (κ1) is 22.3. The molecule has 0 fully saturated rings. The Hall–Kier alpha value is -0.990. The summed E-state index contributed by atoms with van der Waals surface area (Å²) in [6.45, 7) is 5.77. The molecular weight excluding hydrogens is 466 g/mol. The zero-order valence-corrected chi connectivity index (χ0v) is 19.8. The van der Waals surface area contributed by atoms with E-state index >= 15 is 0 Å². The molecule has 0 spiro atoms. The first-order valence-corrected chi connectivity index (χ1v) is 10.9. The molecule has 2 heterocycles. The van der Waals surface area contributed by atoms with Gasteiger partial charge in [-0.2, -0.15) is 0 Å². The number of carbonyl (C=O) groups excluding carboxylic acids is 1. The van der Waals surface area contributed by atoms with Crippen molar-refractivity contribution < 1.29 is 4.79 Å². The average Bonchev–Trinajstić information content (AvgIpc) is 3.17. The van der Waals surface area contributed by atoms with E-state index in [-0.39, 0.29) is 18.3 Å². The molecule has 3 rings (SSSR count). The molecule has 0 bridgehead atoms. The molecule has 2 aromatic heterocycles. The Bertz CT molecular complexity index is 938. The van der Waals surface area contributed by atoms with E-state index in [1.54, 1.807) is 11.3 Å². The van der Waals surface area contributed by atoms with Crippen LogP contribution >= 0.6 is 51.0 Å². The molecule has 0 atom stereocenters. The molecule has 4 nitrogen and oxygen atoms in total. The SMILES string of the molecule is Cc1cc(C)c2sc(N(CCCN(C)C)C(=O)c3ccc(Br)s3)nc2c1.Cl. The Morgan fingerprint density at radius 3 is 2.52 bits per heavy atom. The third-order valence-corrected chi connectivity index (χ3v) is 6.90. The van der Waals surface area contributed by atoms with E-state index in [4.69, 9.17) is 4.98 Å². The largest absolute Gasteiger partial charge is 0.309 e. The van der Waals surface area contributed by atoms with Crippen LogP contribution in [0.25, 0.3) is 10.2 Å². The number of fused-ring (bicyclic) bond motifs is 1. The van der Waals surface area contributed by atoms with Crippen molar-refractivity contribution in [2.45, 2.75) is 20.3 Å². The standard InChI is InChI=1S/C19H22BrN3OS2.ClH/c1-12-10-13(2)17-14(11-12)21-19(26-17)23(9-5-8-22(3)4)18(24)15-6-7-16(20)25-15;/h6-7,10-11H,5,8-9H2,1-4H3;1H. The van der Waals surface area contributed by atoms with E-state index in [0.717, 1.165) is 37.0 Å². The molecule has 8 heteroatoms. The van der Waals surface area contributed by atoms with Crippen LogP contribution < -0.4 is 4.90 Å². The molecule has 0 saturated carbocycles. The van der Waals surface area contributed by atoms with Crippen LogP contribution in [0.4, 0.5) is 5.13 Å².